The van der Waals surface area contributed by atoms with Gasteiger partial charge in [0.15, 0.2) is 17.9 Å². The van der Waals surface area contributed by atoms with E-state index in [1.807, 2.05) is 14.0 Å². The highest BCUT2D eigenvalue weighted by Crippen LogP contribution is 2.32. The molecular formula is C21H22F3N6O+. The number of alkyl halides is 3. The second kappa shape index (κ2) is 7.45. The normalized spacial score (nSPS) is 18.5. The average molecular weight is 431 g/mol. The van der Waals surface area contributed by atoms with Crippen molar-refractivity contribution in [3.05, 3.63) is 53.5 Å². The van der Waals surface area contributed by atoms with Crippen molar-refractivity contribution in [1.82, 2.24) is 19.3 Å². The number of rotatable bonds is 5. The van der Waals surface area contributed by atoms with Crippen molar-refractivity contribution >= 4 is 18.1 Å². The van der Waals surface area contributed by atoms with E-state index in [1.54, 1.807) is 41.1 Å². The molecular weight excluding hydrogens is 409 g/mol. The Hall–Kier alpha value is -3.27. The number of nitrogens with zero attached hydrogens (tertiary/aromatic N) is 6. The summed E-state index contributed by atoms with van der Waals surface area (Å²) in [4.78, 5) is 21.9. The van der Waals surface area contributed by atoms with Crippen molar-refractivity contribution in [2.75, 3.05) is 13.6 Å². The van der Waals surface area contributed by atoms with Crippen LogP contribution in [0, 0.1) is 0 Å². The third-order valence-corrected chi connectivity index (χ3v) is 5.36. The highest BCUT2D eigenvalue weighted by Gasteiger charge is 2.40. The van der Waals surface area contributed by atoms with Gasteiger partial charge in [-0.05, 0) is 24.1 Å². The second-order valence-corrected chi connectivity index (χ2v) is 7.83. The molecule has 7 nitrogen and oxygen atoms in total. The van der Waals surface area contributed by atoms with Gasteiger partial charge in [-0.15, -0.1) is 0 Å². The summed E-state index contributed by atoms with van der Waals surface area (Å²) in [6.45, 7) is 2.82. The third-order valence-electron chi connectivity index (χ3n) is 5.36. The molecule has 2 aromatic heterocycles. The number of carbonyl (C=O) groups excluding carboxylic acids is 1. The minimum absolute atomic E-state index is 0.0792. The zero-order valence-corrected chi connectivity index (χ0v) is 17.4. The molecule has 1 amide bonds. The van der Waals surface area contributed by atoms with E-state index in [4.69, 9.17) is 0 Å². The number of imidazole rings is 1. The summed E-state index contributed by atoms with van der Waals surface area (Å²) >= 11 is 0. The number of aromatic nitrogens is 4. The molecule has 10 heteroatoms. The minimum atomic E-state index is -4.39. The number of amides is 1. The summed E-state index contributed by atoms with van der Waals surface area (Å²) in [6, 6.07) is 5.15. The van der Waals surface area contributed by atoms with E-state index in [0.717, 1.165) is 18.6 Å². The van der Waals surface area contributed by atoms with Crippen molar-refractivity contribution in [2.24, 2.45) is 12.0 Å². The van der Waals surface area contributed by atoms with Crippen molar-refractivity contribution in [1.29, 1.82) is 0 Å². The Morgan fingerprint density at radius 1 is 1.23 bits per heavy atom. The lowest BCUT2D eigenvalue weighted by atomic mass is 10.1. The van der Waals surface area contributed by atoms with E-state index in [0.29, 0.717) is 35.0 Å². The Balaban J connectivity index is 1.62. The second-order valence-electron chi connectivity index (χ2n) is 7.83. The van der Waals surface area contributed by atoms with Gasteiger partial charge in [0.05, 0.1) is 37.5 Å². The summed E-state index contributed by atoms with van der Waals surface area (Å²) in [5.74, 6) is 0.806. The quantitative estimate of drug-likeness (QED) is 0.573. The van der Waals surface area contributed by atoms with Crippen LogP contribution in [0.25, 0.3) is 11.4 Å². The first-order valence-corrected chi connectivity index (χ1v) is 9.83. The Labute approximate surface area is 177 Å². The number of carbonyl (C=O) groups is 1. The van der Waals surface area contributed by atoms with Crippen LogP contribution in [0.15, 0.2) is 41.7 Å². The fourth-order valence-electron chi connectivity index (χ4n) is 3.77. The summed E-state index contributed by atoms with van der Waals surface area (Å²) in [7, 11) is 3.57. The molecule has 162 valence electrons. The van der Waals surface area contributed by atoms with Gasteiger partial charge >= 0.3 is 12.1 Å². The fourth-order valence-corrected chi connectivity index (χ4v) is 3.77. The lowest BCUT2D eigenvalue weighted by Crippen LogP contribution is -2.50. The monoisotopic (exact) mass is 431 g/mol. The molecule has 1 aliphatic heterocycles. The van der Waals surface area contributed by atoms with E-state index in [9.17, 15) is 18.0 Å². The van der Waals surface area contributed by atoms with Crippen LogP contribution < -0.4 is 0 Å². The molecule has 1 aliphatic rings. The lowest BCUT2D eigenvalue weighted by Gasteiger charge is -2.27. The van der Waals surface area contributed by atoms with E-state index in [-0.39, 0.29) is 16.9 Å². The third kappa shape index (κ3) is 3.78. The van der Waals surface area contributed by atoms with Gasteiger partial charge in [0, 0.05) is 13.2 Å². The van der Waals surface area contributed by atoms with Crippen LogP contribution in [-0.4, -0.2) is 49.7 Å². The standard InChI is InChI=1S/C21H22F3N6O/c1-4-8-30(3)13-25-18-17(20(30)31)28(2)19(27-18)15-10-26-29(12-15)11-14-6-5-7-16(9-14)21(22,23)24/h5-7,9-10,12-13H,4,8,11H2,1-3H3/q+1. The van der Waals surface area contributed by atoms with E-state index < -0.39 is 11.7 Å². The van der Waals surface area contributed by atoms with Crippen molar-refractivity contribution < 1.29 is 22.4 Å². The Kier molecular flexibility index (Phi) is 5.04. The van der Waals surface area contributed by atoms with Gasteiger partial charge in [-0.3, -0.25) is 4.68 Å². The summed E-state index contributed by atoms with van der Waals surface area (Å²) in [5.41, 5.74) is 0.866. The Bertz CT molecular complexity index is 1180. The van der Waals surface area contributed by atoms with Crippen molar-refractivity contribution in [3.8, 4) is 11.4 Å². The number of aliphatic imine (C=N–C) groups is 1. The maximum Gasteiger partial charge on any atom is 0.416 e. The predicted molar refractivity (Wildman–Crippen MR) is 109 cm³/mol. The molecule has 0 radical (unpaired) electrons. The summed E-state index contributed by atoms with van der Waals surface area (Å²) in [6.07, 6.45) is 1.33. The predicted octanol–water partition coefficient (Wildman–Crippen LogP) is 4.02. The molecule has 0 N–H and O–H groups in total. The van der Waals surface area contributed by atoms with Crippen LogP contribution in [0.2, 0.25) is 0 Å². The van der Waals surface area contributed by atoms with Gasteiger partial charge in [0.2, 0.25) is 0 Å². The highest BCUT2D eigenvalue weighted by atomic mass is 19.4. The van der Waals surface area contributed by atoms with E-state index >= 15 is 0 Å². The summed E-state index contributed by atoms with van der Waals surface area (Å²) in [5, 5.41) is 4.26. The summed E-state index contributed by atoms with van der Waals surface area (Å²) < 4.78 is 42.2. The molecule has 1 atom stereocenters. The molecule has 31 heavy (non-hydrogen) atoms. The first-order chi connectivity index (χ1) is 14.6. The van der Waals surface area contributed by atoms with Crippen LogP contribution in [-0.2, 0) is 19.8 Å². The van der Waals surface area contributed by atoms with E-state index in [2.05, 4.69) is 15.1 Å². The van der Waals surface area contributed by atoms with E-state index in [1.165, 1.54) is 6.07 Å². The Morgan fingerprint density at radius 3 is 2.71 bits per heavy atom. The zero-order chi connectivity index (χ0) is 22.4. The molecule has 0 fully saturated rings. The van der Waals surface area contributed by atoms with Crippen molar-refractivity contribution in [3.63, 3.8) is 0 Å². The molecule has 0 aliphatic carbocycles. The topological polar surface area (TPSA) is 65.1 Å². The Morgan fingerprint density at radius 2 is 2.00 bits per heavy atom. The number of halogens is 3. The van der Waals surface area contributed by atoms with Crippen molar-refractivity contribution in [2.45, 2.75) is 26.1 Å². The lowest BCUT2D eigenvalue weighted by molar-refractivity contribution is -0.727. The molecule has 4 rings (SSSR count). The molecule has 0 bridgehead atoms. The molecule has 3 heterocycles. The molecule has 0 spiro atoms. The smallest absolute Gasteiger partial charge is 0.318 e. The molecule has 3 aromatic rings. The zero-order valence-electron chi connectivity index (χ0n) is 17.4. The van der Waals surface area contributed by atoms with Crippen LogP contribution in [0.3, 0.4) is 0 Å². The number of benzene rings is 1. The fraction of sp³-hybridized carbons (Fsp3) is 0.333. The van der Waals surface area contributed by atoms with Gasteiger partial charge in [0.25, 0.3) is 0 Å². The number of quaternary nitrogens is 1. The SMILES string of the molecule is CCC[N+]1(C)C=Nc2nc(-c3cnn(Cc4cccc(C(F)(F)F)c4)c3)n(C)c2C1=O. The van der Waals surface area contributed by atoms with Gasteiger partial charge in [0.1, 0.15) is 5.82 Å². The average Bonchev–Trinajstić information content (AvgIpc) is 3.29. The number of hydrogen-bond donors (Lipinski definition) is 0. The van der Waals surface area contributed by atoms with Crippen LogP contribution in [0.5, 0.6) is 0 Å². The van der Waals surface area contributed by atoms with Gasteiger partial charge in [-0.25, -0.2) is 14.3 Å². The first kappa shape index (κ1) is 21.0. The molecule has 0 saturated carbocycles. The maximum atomic E-state index is 13.1. The molecule has 1 unspecified atom stereocenters. The van der Waals surface area contributed by atoms with Crippen LogP contribution in [0.4, 0.5) is 19.0 Å². The first-order valence-electron chi connectivity index (χ1n) is 9.83. The minimum Gasteiger partial charge on any atom is -0.318 e. The molecule has 1 aromatic carbocycles. The largest absolute Gasteiger partial charge is 0.416 e. The maximum absolute atomic E-state index is 13.1. The van der Waals surface area contributed by atoms with Gasteiger partial charge < -0.3 is 4.57 Å². The van der Waals surface area contributed by atoms with Gasteiger partial charge in [-0.2, -0.15) is 23.3 Å². The number of hydrogen-bond acceptors (Lipinski definition) is 4. The highest BCUT2D eigenvalue weighted by molar-refractivity contribution is 5.99. The number of fused-ring (bicyclic) bond motifs is 1. The van der Waals surface area contributed by atoms with Crippen LogP contribution in [0.1, 0.15) is 35.0 Å². The van der Waals surface area contributed by atoms with Crippen LogP contribution >= 0.6 is 0 Å². The van der Waals surface area contributed by atoms with Gasteiger partial charge in [-0.1, -0.05) is 19.1 Å². The molecule has 0 saturated heterocycles.